The molecule has 0 radical (unpaired) electrons. The van der Waals surface area contributed by atoms with Crippen LogP contribution in [-0.2, 0) is 0 Å². The maximum atomic E-state index is 12.5. The van der Waals surface area contributed by atoms with Crippen molar-refractivity contribution in [1.29, 1.82) is 0 Å². The zero-order valence-corrected chi connectivity index (χ0v) is 13.9. The predicted molar refractivity (Wildman–Crippen MR) is 86.3 cm³/mol. The highest BCUT2D eigenvalue weighted by Crippen LogP contribution is 2.45. The van der Waals surface area contributed by atoms with Gasteiger partial charge in [0.25, 0.3) is 0 Å². The Hall–Kier alpha value is -1.43. The highest BCUT2D eigenvalue weighted by molar-refractivity contribution is 5.50. The Labute approximate surface area is 140 Å². The van der Waals surface area contributed by atoms with Crippen LogP contribution in [-0.4, -0.2) is 36.6 Å². The minimum Gasteiger partial charge on any atom is -0.481 e. The summed E-state index contributed by atoms with van der Waals surface area (Å²) in [6, 6.07) is 6.87. The molecule has 24 heavy (non-hydrogen) atoms. The standard InChI is InChI=1S/C18H24F3NO2/c1-13(18(19,20)21)24-16-4-2-14(3-5-16)22-11-10-17(12-22)8-6-15(23)7-9-17/h2-5,13,15,23H,6-12H2,1H3. The molecule has 0 aromatic heterocycles. The number of halogens is 3. The van der Waals surface area contributed by atoms with Crippen LogP contribution in [0.25, 0.3) is 0 Å². The Morgan fingerprint density at radius 2 is 1.79 bits per heavy atom. The van der Waals surface area contributed by atoms with Crippen molar-refractivity contribution in [1.82, 2.24) is 0 Å². The first-order chi connectivity index (χ1) is 11.3. The van der Waals surface area contributed by atoms with Crippen LogP contribution < -0.4 is 9.64 Å². The Kier molecular flexibility index (Phi) is 4.69. The van der Waals surface area contributed by atoms with Crippen molar-refractivity contribution >= 4 is 5.69 Å². The molecule has 1 aromatic rings. The smallest absolute Gasteiger partial charge is 0.425 e. The molecule has 3 nitrogen and oxygen atoms in total. The van der Waals surface area contributed by atoms with Gasteiger partial charge in [0.2, 0.25) is 0 Å². The summed E-state index contributed by atoms with van der Waals surface area (Å²) in [5.41, 5.74) is 1.31. The van der Waals surface area contributed by atoms with Crippen molar-refractivity contribution in [2.45, 2.75) is 57.4 Å². The first kappa shape index (κ1) is 17.4. The lowest BCUT2D eigenvalue weighted by Gasteiger charge is -2.35. The van der Waals surface area contributed by atoms with Gasteiger partial charge in [-0.1, -0.05) is 0 Å². The molecule has 1 aromatic carbocycles. The molecule has 1 spiro atoms. The maximum Gasteiger partial charge on any atom is 0.425 e. The average molecular weight is 343 g/mol. The quantitative estimate of drug-likeness (QED) is 0.895. The van der Waals surface area contributed by atoms with Gasteiger partial charge in [0, 0.05) is 18.8 Å². The highest BCUT2D eigenvalue weighted by Gasteiger charge is 2.41. The largest absolute Gasteiger partial charge is 0.481 e. The third kappa shape index (κ3) is 3.79. The third-order valence-electron chi connectivity index (χ3n) is 5.43. The molecule has 2 aliphatic rings. The van der Waals surface area contributed by atoms with Crippen molar-refractivity contribution in [3.8, 4) is 5.75 Å². The molecule has 1 atom stereocenters. The van der Waals surface area contributed by atoms with Crippen LogP contribution >= 0.6 is 0 Å². The fourth-order valence-electron chi connectivity index (χ4n) is 3.79. The summed E-state index contributed by atoms with van der Waals surface area (Å²) in [7, 11) is 0. The molecule has 134 valence electrons. The van der Waals surface area contributed by atoms with E-state index in [0.29, 0.717) is 5.41 Å². The van der Waals surface area contributed by atoms with Gasteiger partial charge in [-0.25, -0.2) is 0 Å². The van der Waals surface area contributed by atoms with E-state index >= 15 is 0 Å². The monoisotopic (exact) mass is 343 g/mol. The lowest BCUT2D eigenvalue weighted by atomic mass is 9.73. The number of hydrogen-bond donors (Lipinski definition) is 1. The number of hydrogen-bond acceptors (Lipinski definition) is 3. The first-order valence-corrected chi connectivity index (χ1v) is 8.54. The number of benzene rings is 1. The molecule has 2 fully saturated rings. The fraction of sp³-hybridized carbons (Fsp3) is 0.667. The van der Waals surface area contributed by atoms with E-state index in [0.717, 1.165) is 57.8 Å². The third-order valence-corrected chi connectivity index (χ3v) is 5.43. The van der Waals surface area contributed by atoms with E-state index in [1.54, 1.807) is 12.1 Å². The van der Waals surface area contributed by atoms with Gasteiger partial charge in [0.05, 0.1) is 6.10 Å². The molecule has 1 N–H and O–H groups in total. The van der Waals surface area contributed by atoms with Crippen LogP contribution in [0.2, 0.25) is 0 Å². The number of aliphatic hydroxyl groups excluding tert-OH is 1. The molecule has 0 bridgehead atoms. The maximum absolute atomic E-state index is 12.5. The lowest BCUT2D eigenvalue weighted by molar-refractivity contribution is -0.189. The van der Waals surface area contributed by atoms with E-state index in [-0.39, 0.29) is 11.9 Å². The molecule has 1 saturated carbocycles. The van der Waals surface area contributed by atoms with Crippen molar-refractivity contribution < 1.29 is 23.0 Å². The molecule has 6 heteroatoms. The second kappa shape index (κ2) is 6.47. The van der Waals surface area contributed by atoms with Crippen LogP contribution in [0.3, 0.4) is 0 Å². The van der Waals surface area contributed by atoms with Crippen molar-refractivity contribution in [2.75, 3.05) is 18.0 Å². The molecule has 1 unspecified atom stereocenters. The number of aliphatic hydroxyl groups is 1. The number of nitrogens with zero attached hydrogens (tertiary/aromatic N) is 1. The molecular weight excluding hydrogens is 319 g/mol. The van der Waals surface area contributed by atoms with Crippen molar-refractivity contribution in [2.24, 2.45) is 5.41 Å². The number of anilines is 1. The Balaban J connectivity index is 1.60. The second-order valence-electron chi connectivity index (χ2n) is 7.20. The van der Waals surface area contributed by atoms with Gasteiger partial charge in [-0.3, -0.25) is 0 Å². The average Bonchev–Trinajstić information content (AvgIpc) is 2.94. The van der Waals surface area contributed by atoms with Gasteiger partial charge < -0.3 is 14.7 Å². The molecule has 0 amide bonds. The minimum absolute atomic E-state index is 0.156. The molecule has 1 saturated heterocycles. The lowest BCUT2D eigenvalue weighted by Crippen LogP contribution is -2.33. The number of rotatable bonds is 3. The van der Waals surface area contributed by atoms with E-state index in [1.165, 1.54) is 0 Å². The van der Waals surface area contributed by atoms with Crippen LogP contribution in [0, 0.1) is 5.41 Å². The van der Waals surface area contributed by atoms with E-state index in [2.05, 4.69) is 4.90 Å². The van der Waals surface area contributed by atoms with Crippen LogP contribution in [0.15, 0.2) is 24.3 Å². The van der Waals surface area contributed by atoms with E-state index < -0.39 is 12.3 Å². The van der Waals surface area contributed by atoms with Crippen LogP contribution in [0.1, 0.15) is 39.0 Å². The summed E-state index contributed by atoms with van der Waals surface area (Å²) in [5, 5.41) is 9.69. The molecule has 3 rings (SSSR count). The van der Waals surface area contributed by atoms with Gasteiger partial charge in [0.1, 0.15) is 5.75 Å². The molecule has 1 aliphatic carbocycles. The Bertz CT molecular complexity index is 550. The second-order valence-corrected chi connectivity index (χ2v) is 7.20. The highest BCUT2D eigenvalue weighted by atomic mass is 19.4. The molecule has 1 heterocycles. The van der Waals surface area contributed by atoms with Crippen molar-refractivity contribution in [3.05, 3.63) is 24.3 Å². The van der Waals surface area contributed by atoms with E-state index in [1.807, 2.05) is 12.1 Å². The number of ether oxygens (including phenoxy) is 1. The summed E-state index contributed by atoms with van der Waals surface area (Å²) >= 11 is 0. The zero-order chi connectivity index (χ0) is 17.4. The predicted octanol–water partition coefficient (Wildman–Crippen LogP) is 4.15. The van der Waals surface area contributed by atoms with Gasteiger partial charge >= 0.3 is 6.18 Å². The zero-order valence-electron chi connectivity index (χ0n) is 13.9. The van der Waals surface area contributed by atoms with E-state index in [4.69, 9.17) is 4.74 Å². The summed E-state index contributed by atoms with van der Waals surface area (Å²) in [5.74, 6) is 0.235. The summed E-state index contributed by atoms with van der Waals surface area (Å²) < 4.78 is 42.6. The summed E-state index contributed by atoms with van der Waals surface area (Å²) in [4.78, 5) is 2.29. The van der Waals surface area contributed by atoms with Gasteiger partial charge in [-0.15, -0.1) is 0 Å². The van der Waals surface area contributed by atoms with Gasteiger partial charge in [-0.2, -0.15) is 13.2 Å². The summed E-state index contributed by atoms with van der Waals surface area (Å²) in [6.45, 7) is 2.92. The van der Waals surface area contributed by atoms with Gasteiger partial charge in [0.15, 0.2) is 6.10 Å². The van der Waals surface area contributed by atoms with Crippen LogP contribution in [0.5, 0.6) is 5.75 Å². The van der Waals surface area contributed by atoms with Gasteiger partial charge in [-0.05, 0) is 68.7 Å². The van der Waals surface area contributed by atoms with Crippen LogP contribution in [0.4, 0.5) is 18.9 Å². The Morgan fingerprint density at radius 3 is 2.38 bits per heavy atom. The van der Waals surface area contributed by atoms with E-state index in [9.17, 15) is 18.3 Å². The summed E-state index contributed by atoms with van der Waals surface area (Å²) in [6.07, 6.45) is -1.37. The SMILES string of the molecule is CC(Oc1ccc(N2CCC3(CCC(O)CC3)C2)cc1)C(F)(F)F. The fourth-order valence-corrected chi connectivity index (χ4v) is 3.79. The molecular formula is C18H24F3NO2. The normalized spacial score (nSPS) is 29.0. The minimum atomic E-state index is -4.36. The van der Waals surface area contributed by atoms with Crippen molar-refractivity contribution in [3.63, 3.8) is 0 Å². The first-order valence-electron chi connectivity index (χ1n) is 8.54. The Morgan fingerprint density at radius 1 is 1.17 bits per heavy atom. The topological polar surface area (TPSA) is 32.7 Å². The number of alkyl halides is 3. The molecule has 1 aliphatic heterocycles.